The van der Waals surface area contributed by atoms with Crippen LogP contribution >= 0.6 is 23.2 Å². The summed E-state index contributed by atoms with van der Waals surface area (Å²) in [4.78, 5) is 10.6. The standard InChI is InChI=1S/C9H6Cl2F2O4/c10-3-1-4(11)6(7(14)8(15)16)5(2-3)17-9(12)13/h1-2,7,9,14H,(H,15,16). The first-order valence-corrected chi connectivity index (χ1v) is 4.93. The van der Waals surface area contributed by atoms with Gasteiger partial charge < -0.3 is 14.9 Å². The third kappa shape index (κ3) is 3.42. The molecule has 0 aromatic heterocycles. The summed E-state index contributed by atoms with van der Waals surface area (Å²) < 4.78 is 28.2. The van der Waals surface area contributed by atoms with Gasteiger partial charge in [-0.15, -0.1) is 0 Å². The maximum Gasteiger partial charge on any atom is 0.387 e. The van der Waals surface area contributed by atoms with Gasteiger partial charge in [0.05, 0.1) is 10.6 Å². The lowest BCUT2D eigenvalue weighted by molar-refractivity contribution is -0.147. The molecule has 0 aliphatic carbocycles. The van der Waals surface area contributed by atoms with Crippen molar-refractivity contribution in [3.05, 3.63) is 27.7 Å². The fourth-order valence-electron chi connectivity index (χ4n) is 1.14. The number of hydrogen-bond donors (Lipinski definition) is 2. The molecule has 4 nitrogen and oxygen atoms in total. The second-order valence-electron chi connectivity index (χ2n) is 2.92. The van der Waals surface area contributed by atoms with Crippen LogP contribution in [0, 0.1) is 0 Å². The van der Waals surface area contributed by atoms with Crippen LogP contribution in [0.2, 0.25) is 10.0 Å². The minimum Gasteiger partial charge on any atom is -0.479 e. The zero-order valence-electron chi connectivity index (χ0n) is 8.03. The highest BCUT2D eigenvalue weighted by molar-refractivity contribution is 6.35. The Morgan fingerprint density at radius 1 is 1.35 bits per heavy atom. The van der Waals surface area contributed by atoms with Crippen LogP contribution in [0.1, 0.15) is 11.7 Å². The molecule has 1 atom stereocenters. The van der Waals surface area contributed by atoms with Gasteiger partial charge >= 0.3 is 12.6 Å². The van der Waals surface area contributed by atoms with Crippen molar-refractivity contribution < 1.29 is 28.5 Å². The largest absolute Gasteiger partial charge is 0.479 e. The lowest BCUT2D eigenvalue weighted by Crippen LogP contribution is -2.14. The molecule has 8 heteroatoms. The molecule has 0 saturated carbocycles. The van der Waals surface area contributed by atoms with Gasteiger partial charge in [-0.1, -0.05) is 23.2 Å². The normalized spacial score (nSPS) is 12.6. The number of hydrogen-bond acceptors (Lipinski definition) is 3. The molecule has 94 valence electrons. The summed E-state index contributed by atoms with van der Waals surface area (Å²) in [6.07, 6.45) is -2.08. The van der Waals surface area contributed by atoms with Crippen LogP contribution in [0.4, 0.5) is 8.78 Å². The molecule has 0 radical (unpaired) electrons. The van der Waals surface area contributed by atoms with Crippen LogP contribution in [-0.4, -0.2) is 22.8 Å². The Kier molecular flexibility index (Phi) is 4.50. The van der Waals surface area contributed by atoms with E-state index in [1.165, 1.54) is 0 Å². The van der Waals surface area contributed by atoms with E-state index in [0.717, 1.165) is 12.1 Å². The number of aliphatic hydroxyl groups is 1. The zero-order valence-corrected chi connectivity index (χ0v) is 9.54. The molecule has 0 bridgehead atoms. The van der Waals surface area contributed by atoms with E-state index in [4.69, 9.17) is 28.3 Å². The lowest BCUT2D eigenvalue weighted by atomic mass is 10.1. The minimum absolute atomic E-state index is 0.0213. The molecule has 0 aliphatic heterocycles. The summed E-state index contributed by atoms with van der Waals surface area (Å²) in [7, 11) is 0. The number of rotatable bonds is 4. The molecule has 1 unspecified atom stereocenters. The zero-order chi connectivity index (χ0) is 13.2. The van der Waals surface area contributed by atoms with Gasteiger partial charge in [0.15, 0.2) is 6.10 Å². The van der Waals surface area contributed by atoms with Gasteiger partial charge in [0.2, 0.25) is 0 Å². The van der Waals surface area contributed by atoms with Crippen LogP contribution in [-0.2, 0) is 4.79 Å². The van der Waals surface area contributed by atoms with E-state index in [1.54, 1.807) is 0 Å². The molecule has 0 spiro atoms. The van der Waals surface area contributed by atoms with E-state index in [-0.39, 0.29) is 10.0 Å². The Balaban J connectivity index is 3.29. The highest BCUT2D eigenvalue weighted by Gasteiger charge is 2.25. The van der Waals surface area contributed by atoms with E-state index >= 15 is 0 Å². The monoisotopic (exact) mass is 286 g/mol. The average molecular weight is 287 g/mol. The second kappa shape index (κ2) is 5.48. The summed E-state index contributed by atoms with van der Waals surface area (Å²) >= 11 is 11.2. The number of ether oxygens (including phenoxy) is 1. The van der Waals surface area contributed by atoms with Crippen LogP contribution < -0.4 is 4.74 Å². The van der Waals surface area contributed by atoms with E-state index in [2.05, 4.69) is 4.74 Å². The molecule has 17 heavy (non-hydrogen) atoms. The van der Waals surface area contributed by atoms with E-state index in [1.807, 2.05) is 0 Å². The summed E-state index contributed by atoms with van der Waals surface area (Å²) in [5.74, 6) is -2.22. The van der Waals surface area contributed by atoms with Gasteiger partial charge in [-0.2, -0.15) is 8.78 Å². The Morgan fingerprint density at radius 3 is 2.41 bits per heavy atom. The Labute approximate surface area is 104 Å². The van der Waals surface area contributed by atoms with Crippen molar-refractivity contribution in [3.8, 4) is 5.75 Å². The van der Waals surface area contributed by atoms with Gasteiger partial charge in [0.25, 0.3) is 0 Å². The Hall–Kier alpha value is -1.11. The molecule has 0 aliphatic rings. The van der Waals surface area contributed by atoms with E-state index in [9.17, 15) is 18.7 Å². The predicted octanol–water partition coefficient (Wildman–Crippen LogP) is 2.71. The first-order chi connectivity index (χ1) is 7.82. The molecule has 1 aromatic carbocycles. The highest BCUT2D eigenvalue weighted by Crippen LogP contribution is 2.36. The molecular weight excluding hydrogens is 281 g/mol. The lowest BCUT2D eigenvalue weighted by Gasteiger charge is -2.15. The number of halogens is 4. The third-order valence-corrected chi connectivity index (χ3v) is 2.31. The van der Waals surface area contributed by atoms with Gasteiger partial charge in [-0.3, -0.25) is 0 Å². The molecular formula is C9H6Cl2F2O4. The molecule has 0 fully saturated rings. The average Bonchev–Trinajstić information content (AvgIpc) is 2.14. The first-order valence-electron chi connectivity index (χ1n) is 4.17. The number of benzene rings is 1. The number of aliphatic carboxylic acids is 1. The number of alkyl halides is 2. The first kappa shape index (κ1) is 14.0. The van der Waals surface area contributed by atoms with Crippen molar-refractivity contribution >= 4 is 29.2 Å². The molecule has 0 saturated heterocycles. The van der Waals surface area contributed by atoms with Crippen molar-refractivity contribution in [2.24, 2.45) is 0 Å². The van der Waals surface area contributed by atoms with E-state index < -0.39 is 30.0 Å². The maximum atomic E-state index is 12.1. The van der Waals surface area contributed by atoms with Gasteiger partial charge in [-0.05, 0) is 12.1 Å². The van der Waals surface area contributed by atoms with Crippen LogP contribution in [0.3, 0.4) is 0 Å². The Bertz CT molecular complexity index is 439. The summed E-state index contributed by atoms with van der Waals surface area (Å²) in [6, 6.07) is 2.06. The number of carboxylic acid groups (broad SMARTS) is 1. The van der Waals surface area contributed by atoms with Crippen molar-refractivity contribution in [2.45, 2.75) is 12.7 Å². The number of aliphatic hydroxyl groups excluding tert-OH is 1. The fraction of sp³-hybridized carbons (Fsp3) is 0.222. The van der Waals surface area contributed by atoms with Gasteiger partial charge in [0.1, 0.15) is 5.75 Å². The number of carbonyl (C=O) groups is 1. The molecule has 0 heterocycles. The quantitative estimate of drug-likeness (QED) is 0.893. The van der Waals surface area contributed by atoms with Crippen LogP contribution in [0.5, 0.6) is 5.75 Å². The fourth-order valence-corrected chi connectivity index (χ4v) is 1.72. The van der Waals surface area contributed by atoms with Crippen LogP contribution in [0.25, 0.3) is 0 Å². The minimum atomic E-state index is -3.19. The van der Waals surface area contributed by atoms with Crippen molar-refractivity contribution in [2.75, 3.05) is 0 Å². The summed E-state index contributed by atoms with van der Waals surface area (Å²) in [5.41, 5.74) is -0.469. The van der Waals surface area contributed by atoms with Crippen molar-refractivity contribution in [1.82, 2.24) is 0 Å². The highest BCUT2D eigenvalue weighted by atomic mass is 35.5. The summed E-state index contributed by atoms with van der Waals surface area (Å²) in [5, 5.41) is 17.6. The van der Waals surface area contributed by atoms with E-state index in [0.29, 0.717) is 0 Å². The SMILES string of the molecule is O=C(O)C(O)c1c(Cl)cc(Cl)cc1OC(F)F. The van der Waals surface area contributed by atoms with Crippen LogP contribution in [0.15, 0.2) is 12.1 Å². The predicted molar refractivity (Wildman–Crippen MR) is 55.7 cm³/mol. The molecule has 0 amide bonds. The topological polar surface area (TPSA) is 66.8 Å². The molecule has 2 N–H and O–H groups in total. The van der Waals surface area contributed by atoms with Gasteiger partial charge in [0, 0.05) is 5.02 Å². The maximum absolute atomic E-state index is 12.1. The second-order valence-corrected chi connectivity index (χ2v) is 3.76. The van der Waals surface area contributed by atoms with Crippen molar-refractivity contribution in [1.29, 1.82) is 0 Å². The third-order valence-electron chi connectivity index (χ3n) is 1.78. The molecule has 1 aromatic rings. The van der Waals surface area contributed by atoms with Gasteiger partial charge in [-0.25, -0.2) is 4.79 Å². The molecule has 1 rings (SSSR count). The number of carboxylic acids is 1. The smallest absolute Gasteiger partial charge is 0.387 e. The van der Waals surface area contributed by atoms with Crippen molar-refractivity contribution in [3.63, 3.8) is 0 Å². The Morgan fingerprint density at radius 2 is 1.94 bits per heavy atom. The summed E-state index contributed by atoms with van der Waals surface area (Å²) in [6.45, 7) is -3.19.